The molecule has 5 aliphatic carbocycles. The maximum absolute atomic E-state index is 12.4. The Hall–Kier alpha value is -0.780. The third-order valence-electron chi connectivity index (χ3n) is 16.4. The number of hydrogen-bond acceptors (Lipinski definition) is 7. The lowest BCUT2D eigenvalue weighted by Gasteiger charge is -2.63. The minimum Gasteiger partial charge on any atom is -0.481 e. The molecule has 0 radical (unpaired) electrons. The zero-order chi connectivity index (χ0) is 35.0. The Morgan fingerprint density at radius 3 is 2.33 bits per heavy atom. The molecule has 7 rings (SSSR count). The average Bonchev–Trinajstić information content (AvgIpc) is 3.28. The molecule has 7 aliphatic rings. The van der Waals surface area contributed by atoms with Gasteiger partial charge in [0.05, 0.1) is 18.3 Å². The first-order valence-corrected chi connectivity index (χ1v) is 21.3. The van der Waals surface area contributed by atoms with E-state index in [4.69, 9.17) is 18.4 Å². The van der Waals surface area contributed by atoms with Crippen LogP contribution in [0.25, 0.3) is 0 Å². The lowest BCUT2D eigenvalue weighted by atomic mass is 9.43. The molecular formula is C39H64O9S. The summed E-state index contributed by atoms with van der Waals surface area (Å²) >= 11 is 0. The number of carboxylic acid groups (broad SMARTS) is 1. The lowest BCUT2D eigenvalue weighted by Crippen LogP contribution is -2.60. The van der Waals surface area contributed by atoms with Gasteiger partial charge in [-0.1, -0.05) is 41.0 Å². The fraction of sp³-hybridized carbons (Fsp3) is 0.974. The molecular weight excluding hydrogens is 644 g/mol. The predicted molar refractivity (Wildman–Crippen MR) is 184 cm³/mol. The van der Waals surface area contributed by atoms with E-state index in [1.54, 1.807) is 0 Å². The Balaban J connectivity index is 1.08. The smallest absolute Gasteiger partial charge is 0.397 e. The Morgan fingerprint density at radius 2 is 1.59 bits per heavy atom. The molecule has 0 bridgehead atoms. The quantitative estimate of drug-likeness (QED) is 0.190. The molecule has 2 heterocycles. The van der Waals surface area contributed by atoms with Crippen molar-refractivity contribution in [2.45, 2.75) is 162 Å². The van der Waals surface area contributed by atoms with Crippen molar-refractivity contribution in [1.82, 2.24) is 0 Å². The van der Waals surface area contributed by atoms with Crippen molar-refractivity contribution in [1.29, 1.82) is 0 Å². The standard InChI is InChI=1S/C39H64O9S/c1-21-7-10-28-24(4)36(47-37-34(28)27(21)11-9-23(3)45-37)46-26-15-17-38(5)25(19-26)20-32(48-49(42,43)44)35-30-13-12-29(22(2)8-14-33(40)41)39(30,6)18-16-31(35)38/h21-32,34-37H,7-20H2,1-6H3,(H,40,41)(H,42,43,44)/t21-,22-,23?,24-,25?,26-,27?,28?,29?,30?,31?,32?,34?,35?,36?,37?,38?,39?/m1/s1. The van der Waals surface area contributed by atoms with Crippen LogP contribution < -0.4 is 0 Å². The van der Waals surface area contributed by atoms with Gasteiger partial charge in [0.25, 0.3) is 0 Å². The molecule has 0 aromatic carbocycles. The van der Waals surface area contributed by atoms with Crippen molar-refractivity contribution in [3.8, 4) is 0 Å². The number of aliphatic carboxylic acids is 1. The fourth-order valence-corrected chi connectivity index (χ4v) is 14.4. The summed E-state index contributed by atoms with van der Waals surface area (Å²) in [5.74, 6) is 3.39. The van der Waals surface area contributed by atoms with Crippen molar-refractivity contribution in [3.63, 3.8) is 0 Å². The van der Waals surface area contributed by atoms with E-state index in [0.29, 0.717) is 48.3 Å². The van der Waals surface area contributed by atoms with Gasteiger partial charge in [-0.25, -0.2) is 4.18 Å². The highest BCUT2D eigenvalue weighted by Gasteiger charge is 2.64. The molecule has 0 amide bonds. The molecule has 280 valence electrons. The predicted octanol–water partition coefficient (Wildman–Crippen LogP) is 8.13. The SMILES string of the molecule is CC1CCC2C3C(O1)OC(O[C@@H]1CCC4(C)C(CC(OS(=O)(=O)O)C5C4CCC4(C)C5CCC4[C@H](C)CCC(=O)O)C1)[C@H](C)C3CC[C@H]2C. The van der Waals surface area contributed by atoms with Crippen LogP contribution in [-0.2, 0) is 33.6 Å². The molecule has 9 nitrogen and oxygen atoms in total. The van der Waals surface area contributed by atoms with E-state index in [2.05, 4.69) is 41.5 Å². The Labute approximate surface area is 295 Å². The molecule has 2 N–H and O–H groups in total. The molecule has 0 spiro atoms. The van der Waals surface area contributed by atoms with E-state index >= 15 is 0 Å². The fourth-order valence-electron chi connectivity index (χ4n) is 13.9. The minimum atomic E-state index is -4.63. The van der Waals surface area contributed by atoms with Gasteiger partial charge in [-0.2, -0.15) is 8.42 Å². The molecule has 14 unspecified atom stereocenters. The molecule has 2 aliphatic heterocycles. The van der Waals surface area contributed by atoms with Crippen LogP contribution in [0.2, 0.25) is 0 Å². The van der Waals surface area contributed by atoms with E-state index in [0.717, 1.165) is 51.4 Å². The van der Waals surface area contributed by atoms with Crippen LogP contribution in [0.1, 0.15) is 131 Å². The van der Waals surface area contributed by atoms with Crippen molar-refractivity contribution < 1.29 is 41.3 Å². The van der Waals surface area contributed by atoms with Gasteiger partial charge in [0.1, 0.15) is 0 Å². The maximum Gasteiger partial charge on any atom is 0.397 e. The Morgan fingerprint density at radius 1 is 0.878 bits per heavy atom. The van der Waals surface area contributed by atoms with Crippen molar-refractivity contribution in [2.75, 3.05) is 0 Å². The number of fused-ring (bicyclic) bond motifs is 5. The van der Waals surface area contributed by atoms with Gasteiger partial charge in [0.15, 0.2) is 12.6 Å². The van der Waals surface area contributed by atoms with Crippen LogP contribution in [0.3, 0.4) is 0 Å². The monoisotopic (exact) mass is 708 g/mol. The van der Waals surface area contributed by atoms with Crippen LogP contribution in [0, 0.1) is 75.9 Å². The largest absolute Gasteiger partial charge is 0.481 e. The first-order valence-electron chi connectivity index (χ1n) is 19.9. The Kier molecular flexibility index (Phi) is 10.1. The lowest BCUT2D eigenvalue weighted by molar-refractivity contribution is -0.345. The van der Waals surface area contributed by atoms with Gasteiger partial charge in [-0.15, -0.1) is 0 Å². The van der Waals surface area contributed by atoms with Crippen molar-refractivity contribution in [3.05, 3.63) is 0 Å². The molecule has 0 aromatic rings. The second kappa shape index (κ2) is 13.6. The van der Waals surface area contributed by atoms with Gasteiger partial charge in [-0.3, -0.25) is 9.35 Å². The molecule has 2 saturated heterocycles. The second-order valence-corrected chi connectivity index (χ2v) is 19.7. The first-order chi connectivity index (χ1) is 23.1. The summed E-state index contributed by atoms with van der Waals surface area (Å²) in [7, 11) is -4.63. The summed E-state index contributed by atoms with van der Waals surface area (Å²) < 4.78 is 60.8. The molecule has 49 heavy (non-hydrogen) atoms. The minimum absolute atomic E-state index is 0.00320. The summed E-state index contributed by atoms with van der Waals surface area (Å²) in [6.45, 7) is 13.9. The molecule has 18 atom stereocenters. The number of rotatable bonds is 8. The molecule has 5 saturated carbocycles. The Bertz CT molecular complexity index is 1320. The summed E-state index contributed by atoms with van der Waals surface area (Å²) in [5.41, 5.74) is 0.0396. The average molecular weight is 709 g/mol. The molecule has 0 aromatic heterocycles. The van der Waals surface area contributed by atoms with E-state index in [1.807, 2.05) is 0 Å². The van der Waals surface area contributed by atoms with Crippen molar-refractivity contribution in [2.24, 2.45) is 75.9 Å². The van der Waals surface area contributed by atoms with Gasteiger partial charge < -0.3 is 19.3 Å². The third kappa shape index (κ3) is 6.68. The highest BCUT2D eigenvalue weighted by molar-refractivity contribution is 7.80. The van der Waals surface area contributed by atoms with E-state index in [9.17, 15) is 22.9 Å². The summed E-state index contributed by atoms with van der Waals surface area (Å²) in [6.07, 6.45) is 12.2. The van der Waals surface area contributed by atoms with Crippen LogP contribution in [0.5, 0.6) is 0 Å². The summed E-state index contributed by atoms with van der Waals surface area (Å²) in [6, 6.07) is 0. The number of hydrogen-bond donors (Lipinski definition) is 2. The van der Waals surface area contributed by atoms with Gasteiger partial charge in [0, 0.05) is 18.3 Å². The zero-order valence-corrected chi connectivity index (χ0v) is 31.6. The number of carboxylic acids is 1. The van der Waals surface area contributed by atoms with Crippen LogP contribution >= 0.6 is 0 Å². The van der Waals surface area contributed by atoms with Crippen LogP contribution in [0.4, 0.5) is 0 Å². The zero-order valence-electron chi connectivity index (χ0n) is 30.8. The summed E-state index contributed by atoms with van der Waals surface area (Å²) in [4.78, 5) is 11.4. The van der Waals surface area contributed by atoms with Crippen LogP contribution in [-0.4, -0.2) is 54.9 Å². The van der Waals surface area contributed by atoms with E-state index < -0.39 is 22.5 Å². The van der Waals surface area contributed by atoms with Crippen molar-refractivity contribution >= 4 is 16.4 Å². The number of ether oxygens (including phenoxy) is 3. The van der Waals surface area contributed by atoms with Gasteiger partial charge in [-0.05, 0) is 148 Å². The van der Waals surface area contributed by atoms with Gasteiger partial charge in [0.2, 0.25) is 0 Å². The van der Waals surface area contributed by atoms with Crippen LogP contribution in [0.15, 0.2) is 0 Å². The topological polar surface area (TPSA) is 129 Å². The first kappa shape index (κ1) is 36.6. The highest BCUT2D eigenvalue weighted by Crippen LogP contribution is 2.69. The highest BCUT2D eigenvalue weighted by atomic mass is 32.3. The van der Waals surface area contributed by atoms with E-state index in [1.165, 1.54) is 19.3 Å². The third-order valence-corrected chi connectivity index (χ3v) is 16.9. The number of carbonyl (C=O) groups is 1. The molecule has 10 heteroatoms. The maximum atomic E-state index is 12.4. The molecule has 7 fully saturated rings. The summed E-state index contributed by atoms with van der Waals surface area (Å²) in [5, 5.41) is 9.35. The second-order valence-electron chi connectivity index (χ2n) is 18.7. The van der Waals surface area contributed by atoms with E-state index in [-0.39, 0.29) is 71.6 Å². The van der Waals surface area contributed by atoms with Gasteiger partial charge >= 0.3 is 16.4 Å². The normalized spacial score (nSPS) is 51.8.